The van der Waals surface area contributed by atoms with Crippen LogP contribution in [-0.4, -0.2) is 57.1 Å². The molecule has 1 saturated carbocycles. The Bertz CT molecular complexity index is 964. The van der Waals surface area contributed by atoms with E-state index in [2.05, 4.69) is 14.9 Å². The molecule has 2 aromatic heterocycles. The van der Waals surface area contributed by atoms with Gasteiger partial charge in [-0.3, -0.25) is 9.69 Å². The maximum absolute atomic E-state index is 13.5. The third-order valence-corrected chi connectivity index (χ3v) is 8.26. The molecule has 168 valence electrons. The molecule has 0 radical (unpaired) electrons. The van der Waals surface area contributed by atoms with Crippen molar-refractivity contribution in [2.24, 2.45) is 0 Å². The number of ether oxygens (including phenoxy) is 1. The van der Waals surface area contributed by atoms with Crippen molar-refractivity contribution in [2.45, 2.75) is 81.8 Å². The number of alkyl halides is 2. The van der Waals surface area contributed by atoms with Gasteiger partial charge in [-0.15, -0.1) is 11.3 Å². The third kappa shape index (κ3) is 4.26. The van der Waals surface area contributed by atoms with Gasteiger partial charge in [-0.05, 0) is 50.0 Å². The number of carboxylic acids is 1. The van der Waals surface area contributed by atoms with Crippen LogP contribution in [0.4, 0.5) is 8.78 Å². The van der Waals surface area contributed by atoms with Crippen LogP contribution in [0, 0.1) is 0 Å². The van der Waals surface area contributed by atoms with E-state index < -0.39 is 11.9 Å². The lowest BCUT2D eigenvalue weighted by atomic mass is 9.90. The van der Waals surface area contributed by atoms with Crippen LogP contribution in [0.5, 0.6) is 5.88 Å². The third-order valence-electron chi connectivity index (χ3n) is 7.08. The number of rotatable bonds is 5. The standard InChI is InChI=1S/C22H27F2N3O3S/c23-22(24)7-9-27(10-8-22)14-2-4-15(5-3-14)30-20-19-18-13(11-17(28)29)1-6-16(18)31-21(19)26-12-25-20/h12-15H,1-11H2,(H,28,29)/t13-,14-,15-/m1/s1. The molecule has 3 heterocycles. The molecule has 0 aromatic carbocycles. The van der Waals surface area contributed by atoms with Crippen molar-refractivity contribution >= 4 is 27.5 Å². The summed E-state index contributed by atoms with van der Waals surface area (Å²) in [7, 11) is 0. The molecule has 0 unspecified atom stereocenters. The summed E-state index contributed by atoms with van der Waals surface area (Å²) in [6, 6.07) is 0.353. The second kappa shape index (κ2) is 8.24. The molecule has 5 rings (SSSR count). The van der Waals surface area contributed by atoms with Crippen molar-refractivity contribution in [3.63, 3.8) is 0 Å². The molecule has 1 N–H and O–H groups in total. The van der Waals surface area contributed by atoms with Crippen LogP contribution >= 0.6 is 11.3 Å². The summed E-state index contributed by atoms with van der Waals surface area (Å²) in [4.78, 5) is 24.4. The molecular weight excluding hydrogens is 424 g/mol. The van der Waals surface area contributed by atoms with Crippen LogP contribution in [0.2, 0.25) is 0 Å². The molecule has 3 aliphatic rings. The molecule has 0 amide bonds. The van der Waals surface area contributed by atoms with Crippen LogP contribution in [0.25, 0.3) is 10.2 Å². The SMILES string of the molecule is O=C(O)C[C@H]1CCc2sc3ncnc(O[C@H]4CC[C@H](N5CCC(F)(F)CC5)CC4)c3c21. The van der Waals surface area contributed by atoms with Crippen molar-refractivity contribution < 1.29 is 23.4 Å². The first-order chi connectivity index (χ1) is 14.9. The normalized spacial score (nSPS) is 28.5. The van der Waals surface area contributed by atoms with E-state index in [9.17, 15) is 18.7 Å². The molecule has 0 bridgehead atoms. The van der Waals surface area contributed by atoms with Crippen molar-refractivity contribution in [2.75, 3.05) is 13.1 Å². The van der Waals surface area contributed by atoms with Gasteiger partial charge in [-0.2, -0.15) is 0 Å². The Hall–Kier alpha value is -1.87. The summed E-state index contributed by atoms with van der Waals surface area (Å²) in [5.74, 6) is -2.73. The van der Waals surface area contributed by atoms with E-state index in [1.54, 1.807) is 11.3 Å². The number of aromatic nitrogens is 2. The van der Waals surface area contributed by atoms with Gasteiger partial charge >= 0.3 is 5.97 Å². The largest absolute Gasteiger partial charge is 0.481 e. The number of thiophene rings is 1. The van der Waals surface area contributed by atoms with Crippen molar-refractivity contribution in [3.05, 3.63) is 16.8 Å². The average Bonchev–Trinajstić information content (AvgIpc) is 3.28. The first-order valence-corrected chi connectivity index (χ1v) is 12.0. The van der Waals surface area contributed by atoms with Gasteiger partial charge in [-0.1, -0.05) is 0 Å². The number of carboxylic acid groups (broad SMARTS) is 1. The predicted octanol–water partition coefficient (Wildman–Crippen LogP) is 4.62. The van der Waals surface area contributed by atoms with E-state index >= 15 is 0 Å². The Morgan fingerprint density at radius 2 is 1.94 bits per heavy atom. The van der Waals surface area contributed by atoms with Gasteiger partial charge in [0.05, 0.1) is 11.8 Å². The number of fused-ring (bicyclic) bond motifs is 3. The number of hydrogen-bond donors (Lipinski definition) is 1. The Morgan fingerprint density at radius 1 is 1.19 bits per heavy atom. The Balaban J connectivity index is 1.27. The lowest BCUT2D eigenvalue weighted by molar-refractivity contribution is -0.137. The van der Waals surface area contributed by atoms with E-state index in [0.29, 0.717) is 25.0 Å². The summed E-state index contributed by atoms with van der Waals surface area (Å²) >= 11 is 1.62. The first-order valence-electron chi connectivity index (χ1n) is 11.2. The van der Waals surface area contributed by atoms with E-state index in [-0.39, 0.29) is 31.3 Å². The Kier molecular flexibility index (Phi) is 5.58. The molecule has 6 nitrogen and oxygen atoms in total. The van der Waals surface area contributed by atoms with Gasteiger partial charge in [0.15, 0.2) is 0 Å². The van der Waals surface area contributed by atoms with Crippen LogP contribution in [0.1, 0.15) is 67.7 Å². The highest BCUT2D eigenvalue weighted by Gasteiger charge is 2.38. The lowest BCUT2D eigenvalue weighted by Gasteiger charge is -2.40. The topological polar surface area (TPSA) is 75.5 Å². The fourth-order valence-corrected chi connectivity index (χ4v) is 6.68. The summed E-state index contributed by atoms with van der Waals surface area (Å²) < 4.78 is 33.2. The molecule has 31 heavy (non-hydrogen) atoms. The second-order valence-corrected chi connectivity index (χ2v) is 10.2. The summed E-state index contributed by atoms with van der Waals surface area (Å²) in [6.07, 6.45) is 6.94. The molecule has 9 heteroatoms. The second-order valence-electron chi connectivity index (χ2n) is 9.07. The minimum absolute atomic E-state index is 0.0115. The summed E-state index contributed by atoms with van der Waals surface area (Å²) in [5, 5.41) is 10.2. The van der Waals surface area contributed by atoms with Crippen molar-refractivity contribution in [1.82, 2.24) is 14.9 Å². The maximum Gasteiger partial charge on any atom is 0.303 e. The van der Waals surface area contributed by atoms with E-state index in [4.69, 9.17) is 4.74 Å². The monoisotopic (exact) mass is 451 g/mol. The van der Waals surface area contributed by atoms with Gasteiger partial charge < -0.3 is 9.84 Å². The molecule has 1 aliphatic heterocycles. The molecule has 2 fully saturated rings. The zero-order chi connectivity index (χ0) is 21.6. The summed E-state index contributed by atoms with van der Waals surface area (Å²) in [6.45, 7) is 0.948. The maximum atomic E-state index is 13.5. The molecule has 2 aromatic rings. The number of carbonyl (C=O) groups is 1. The fraction of sp³-hybridized carbons (Fsp3) is 0.682. The van der Waals surface area contributed by atoms with E-state index in [0.717, 1.165) is 54.3 Å². The van der Waals surface area contributed by atoms with Crippen LogP contribution in [0.3, 0.4) is 0 Å². The number of aliphatic carboxylic acids is 1. The van der Waals surface area contributed by atoms with Gasteiger partial charge in [0.1, 0.15) is 17.3 Å². The van der Waals surface area contributed by atoms with Crippen molar-refractivity contribution in [1.29, 1.82) is 0 Å². The summed E-state index contributed by atoms with van der Waals surface area (Å²) in [5.41, 5.74) is 1.07. The quantitative estimate of drug-likeness (QED) is 0.715. The van der Waals surface area contributed by atoms with E-state index in [1.165, 1.54) is 11.2 Å². The lowest BCUT2D eigenvalue weighted by Crippen LogP contribution is -2.47. The van der Waals surface area contributed by atoms with Crippen LogP contribution in [-0.2, 0) is 11.2 Å². The number of aryl methyl sites for hydroxylation is 1. The van der Waals surface area contributed by atoms with E-state index in [1.807, 2.05) is 0 Å². The van der Waals surface area contributed by atoms with Gasteiger partial charge in [-0.25, -0.2) is 18.7 Å². The number of likely N-dealkylation sites (tertiary alicyclic amines) is 1. The van der Waals surface area contributed by atoms with Gasteiger partial charge in [0.2, 0.25) is 5.88 Å². The van der Waals surface area contributed by atoms with Crippen molar-refractivity contribution in [3.8, 4) is 5.88 Å². The minimum atomic E-state index is -2.51. The molecule has 0 spiro atoms. The minimum Gasteiger partial charge on any atom is -0.481 e. The Morgan fingerprint density at radius 3 is 2.65 bits per heavy atom. The number of hydrogen-bond acceptors (Lipinski definition) is 6. The first kappa shape index (κ1) is 21.0. The zero-order valence-electron chi connectivity index (χ0n) is 17.4. The highest BCUT2D eigenvalue weighted by molar-refractivity contribution is 7.19. The molecule has 2 aliphatic carbocycles. The van der Waals surface area contributed by atoms with Gasteiger partial charge in [0.25, 0.3) is 5.92 Å². The molecule has 1 atom stereocenters. The Labute approximate surface area is 183 Å². The number of piperidine rings is 1. The highest BCUT2D eigenvalue weighted by Crippen LogP contribution is 2.47. The predicted molar refractivity (Wildman–Crippen MR) is 113 cm³/mol. The fourth-order valence-electron chi connectivity index (χ4n) is 5.45. The molecular formula is C22H27F2N3O3S. The van der Waals surface area contributed by atoms with Crippen LogP contribution in [0.15, 0.2) is 6.33 Å². The average molecular weight is 452 g/mol. The van der Waals surface area contributed by atoms with Gasteiger partial charge in [0, 0.05) is 36.9 Å². The smallest absolute Gasteiger partial charge is 0.303 e. The number of halogens is 2. The zero-order valence-corrected chi connectivity index (χ0v) is 18.2. The molecule has 1 saturated heterocycles. The van der Waals surface area contributed by atoms with Crippen LogP contribution < -0.4 is 4.74 Å². The number of nitrogens with zero attached hydrogens (tertiary/aromatic N) is 3. The highest BCUT2D eigenvalue weighted by atomic mass is 32.1.